The van der Waals surface area contributed by atoms with Crippen molar-refractivity contribution in [3.63, 3.8) is 0 Å². The first-order valence-electron chi connectivity index (χ1n) is 7.84. The van der Waals surface area contributed by atoms with Crippen molar-refractivity contribution < 1.29 is 9.53 Å². The molecule has 0 N–H and O–H groups in total. The minimum atomic E-state index is -0.0881. The molecular weight excluding hydrogens is 302 g/mol. The van der Waals surface area contributed by atoms with Crippen LogP contribution in [0.2, 0.25) is 0 Å². The first-order chi connectivity index (χ1) is 11.6. The maximum absolute atomic E-state index is 12.3. The van der Waals surface area contributed by atoms with Crippen molar-refractivity contribution in [2.75, 3.05) is 7.11 Å². The van der Waals surface area contributed by atoms with E-state index in [9.17, 15) is 4.79 Å². The van der Waals surface area contributed by atoms with Crippen LogP contribution in [0.4, 0.5) is 0 Å². The van der Waals surface area contributed by atoms with Gasteiger partial charge in [-0.25, -0.2) is 4.98 Å². The summed E-state index contributed by atoms with van der Waals surface area (Å²) in [5.74, 6) is 1.71. The maximum Gasteiger partial charge on any atom is 0.248 e. The van der Waals surface area contributed by atoms with E-state index in [1.807, 2.05) is 62.4 Å². The van der Waals surface area contributed by atoms with Crippen molar-refractivity contribution in [3.05, 3.63) is 54.1 Å². The second-order valence-electron chi connectivity index (χ2n) is 5.46. The molecule has 0 unspecified atom stereocenters. The lowest BCUT2D eigenvalue weighted by Gasteiger charge is -2.05. The van der Waals surface area contributed by atoms with Gasteiger partial charge in [0.2, 0.25) is 5.91 Å². The lowest BCUT2D eigenvalue weighted by molar-refractivity contribution is 0.0895. The topological polar surface area (TPSA) is 57.0 Å². The van der Waals surface area contributed by atoms with E-state index in [-0.39, 0.29) is 5.91 Å². The van der Waals surface area contributed by atoms with Crippen molar-refractivity contribution in [1.29, 1.82) is 0 Å². The Balaban J connectivity index is 2.17. The molecule has 0 radical (unpaired) electrons. The van der Waals surface area contributed by atoms with Crippen LogP contribution in [0.25, 0.3) is 22.8 Å². The summed E-state index contributed by atoms with van der Waals surface area (Å²) in [6.45, 7) is 3.81. The number of aryl methyl sites for hydroxylation is 1. The zero-order valence-corrected chi connectivity index (χ0v) is 14.0. The highest BCUT2D eigenvalue weighted by Gasteiger charge is 2.18. The van der Waals surface area contributed by atoms with Gasteiger partial charge >= 0.3 is 0 Å². The molecule has 0 amide bonds. The van der Waals surface area contributed by atoms with E-state index >= 15 is 0 Å². The molecule has 1 aromatic heterocycles. The number of aromatic nitrogens is 3. The average Bonchev–Trinajstić information content (AvgIpc) is 3.06. The standard InChI is InChI=1S/C19H19N3O2/c1-4-17(23)22-19(16-11-6-5-8-13(16)2)20-18(21-22)14-9-7-10-15(12-14)24-3/h5-12H,4H2,1-3H3. The van der Waals surface area contributed by atoms with E-state index in [0.717, 1.165) is 22.4 Å². The van der Waals surface area contributed by atoms with E-state index in [1.54, 1.807) is 7.11 Å². The number of methoxy groups -OCH3 is 1. The zero-order valence-electron chi connectivity index (χ0n) is 14.0. The Morgan fingerprint density at radius 3 is 2.67 bits per heavy atom. The molecule has 2 aromatic carbocycles. The van der Waals surface area contributed by atoms with Gasteiger partial charge in [-0.2, -0.15) is 4.68 Å². The third kappa shape index (κ3) is 2.93. The molecule has 1 heterocycles. The van der Waals surface area contributed by atoms with Crippen LogP contribution in [0.3, 0.4) is 0 Å². The highest BCUT2D eigenvalue weighted by molar-refractivity contribution is 5.83. The van der Waals surface area contributed by atoms with Crippen molar-refractivity contribution in [1.82, 2.24) is 14.8 Å². The van der Waals surface area contributed by atoms with Crippen LogP contribution < -0.4 is 4.74 Å². The van der Waals surface area contributed by atoms with Gasteiger partial charge in [0.15, 0.2) is 11.6 Å². The zero-order chi connectivity index (χ0) is 17.1. The molecule has 0 aliphatic carbocycles. The third-order valence-corrected chi connectivity index (χ3v) is 3.86. The molecule has 0 aliphatic heterocycles. The lowest BCUT2D eigenvalue weighted by atomic mass is 10.1. The Hall–Kier alpha value is -2.95. The Morgan fingerprint density at radius 1 is 1.17 bits per heavy atom. The summed E-state index contributed by atoms with van der Waals surface area (Å²) in [7, 11) is 1.62. The van der Waals surface area contributed by atoms with Crippen LogP contribution in [0.5, 0.6) is 5.75 Å². The minimum absolute atomic E-state index is 0.0881. The second-order valence-corrected chi connectivity index (χ2v) is 5.46. The molecule has 24 heavy (non-hydrogen) atoms. The van der Waals surface area contributed by atoms with E-state index in [1.165, 1.54) is 4.68 Å². The summed E-state index contributed by atoms with van der Waals surface area (Å²) in [6.07, 6.45) is 0.361. The normalized spacial score (nSPS) is 10.6. The van der Waals surface area contributed by atoms with Crippen molar-refractivity contribution in [2.24, 2.45) is 0 Å². The van der Waals surface area contributed by atoms with Crippen LogP contribution in [0, 0.1) is 6.92 Å². The summed E-state index contributed by atoms with van der Waals surface area (Å²) >= 11 is 0. The van der Waals surface area contributed by atoms with E-state index < -0.39 is 0 Å². The lowest BCUT2D eigenvalue weighted by Crippen LogP contribution is -2.12. The Bertz CT molecular complexity index is 884. The number of nitrogens with zero attached hydrogens (tertiary/aromatic N) is 3. The summed E-state index contributed by atoms with van der Waals surface area (Å²) in [5, 5.41) is 4.44. The van der Waals surface area contributed by atoms with Crippen molar-refractivity contribution in [2.45, 2.75) is 20.3 Å². The maximum atomic E-state index is 12.3. The predicted molar refractivity (Wildman–Crippen MR) is 93.1 cm³/mol. The number of carbonyl (C=O) groups is 1. The molecule has 0 fully saturated rings. The smallest absolute Gasteiger partial charge is 0.248 e. The minimum Gasteiger partial charge on any atom is -0.497 e. The first kappa shape index (κ1) is 15.9. The Labute approximate surface area is 140 Å². The summed E-state index contributed by atoms with van der Waals surface area (Å²) in [5.41, 5.74) is 2.76. The van der Waals surface area contributed by atoms with Crippen LogP contribution >= 0.6 is 0 Å². The number of ether oxygens (including phenoxy) is 1. The molecule has 5 heteroatoms. The number of hydrogen-bond donors (Lipinski definition) is 0. The molecule has 0 atom stereocenters. The molecule has 0 bridgehead atoms. The SMILES string of the molecule is CCC(=O)n1nc(-c2cccc(OC)c2)nc1-c1ccccc1C. The molecular formula is C19H19N3O2. The molecule has 5 nitrogen and oxygen atoms in total. The van der Waals surface area contributed by atoms with Crippen molar-refractivity contribution in [3.8, 4) is 28.5 Å². The molecule has 122 valence electrons. The predicted octanol–water partition coefficient (Wildman–Crippen LogP) is 3.98. The van der Waals surface area contributed by atoms with Gasteiger partial charge in [0.25, 0.3) is 0 Å². The van der Waals surface area contributed by atoms with Gasteiger partial charge in [0.1, 0.15) is 5.75 Å². The van der Waals surface area contributed by atoms with Gasteiger partial charge in [-0.05, 0) is 24.6 Å². The van der Waals surface area contributed by atoms with Crippen LogP contribution in [0.15, 0.2) is 48.5 Å². The largest absolute Gasteiger partial charge is 0.497 e. The quantitative estimate of drug-likeness (QED) is 0.729. The number of benzene rings is 2. The highest BCUT2D eigenvalue weighted by Crippen LogP contribution is 2.27. The summed E-state index contributed by atoms with van der Waals surface area (Å²) in [6, 6.07) is 15.3. The fourth-order valence-corrected chi connectivity index (χ4v) is 2.52. The molecule has 0 spiro atoms. The second kappa shape index (κ2) is 6.66. The number of rotatable bonds is 4. The van der Waals surface area contributed by atoms with E-state index in [0.29, 0.717) is 18.1 Å². The van der Waals surface area contributed by atoms with Gasteiger partial charge in [-0.15, -0.1) is 5.10 Å². The number of hydrogen-bond acceptors (Lipinski definition) is 4. The van der Waals surface area contributed by atoms with E-state index in [4.69, 9.17) is 4.74 Å². The monoisotopic (exact) mass is 321 g/mol. The third-order valence-electron chi connectivity index (χ3n) is 3.86. The van der Waals surface area contributed by atoms with Crippen LogP contribution in [-0.4, -0.2) is 27.8 Å². The van der Waals surface area contributed by atoms with Crippen LogP contribution in [0.1, 0.15) is 23.7 Å². The molecule has 3 aromatic rings. The van der Waals surface area contributed by atoms with Gasteiger partial charge in [0, 0.05) is 17.5 Å². The van der Waals surface area contributed by atoms with Crippen molar-refractivity contribution >= 4 is 5.91 Å². The van der Waals surface area contributed by atoms with Gasteiger partial charge in [0.05, 0.1) is 7.11 Å². The first-order valence-corrected chi connectivity index (χ1v) is 7.84. The summed E-state index contributed by atoms with van der Waals surface area (Å²) < 4.78 is 6.66. The van der Waals surface area contributed by atoms with Gasteiger partial charge in [-0.3, -0.25) is 4.79 Å². The van der Waals surface area contributed by atoms with Crippen LogP contribution in [-0.2, 0) is 0 Å². The summed E-state index contributed by atoms with van der Waals surface area (Å²) in [4.78, 5) is 17.0. The Morgan fingerprint density at radius 2 is 1.96 bits per heavy atom. The van der Waals surface area contributed by atoms with Gasteiger partial charge in [-0.1, -0.05) is 43.3 Å². The molecule has 0 aliphatic rings. The molecule has 0 saturated carbocycles. The van der Waals surface area contributed by atoms with E-state index in [2.05, 4.69) is 10.1 Å². The fraction of sp³-hybridized carbons (Fsp3) is 0.211. The molecule has 0 saturated heterocycles. The Kier molecular flexibility index (Phi) is 4.42. The van der Waals surface area contributed by atoms with Gasteiger partial charge < -0.3 is 4.74 Å². The number of carbonyl (C=O) groups excluding carboxylic acids is 1. The fourth-order valence-electron chi connectivity index (χ4n) is 2.52. The highest BCUT2D eigenvalue weighted by atomic mass is 16.5. The average molecular weight is 321 g/mol. The molecule has 3 rings (SSSR count).